The predicted octanol–water partition coefficient (Wildman–Crippen LogP) is 7.24. The van der Waals surface area contributed by atoms with Crippen molar-refractivity contribution in [1.82, 2.24) is 4.90 Å². The van der Waals surface area contributed by atoms with E-state index in [1.165, 1.54) is 16.7 Å². The van der Waals surface area contributed by atoms with E-state index in [0.717, 1.165) is 40.8 Å². The molecular formula is C32H37BrN2O3. The van der Waals surface area contributed by atoms with E-state index in [9.17, 15) is 9.90 Å². The number of carbonyl (C=O) groups excluding carboxylic acids is 1. The van der Waals surface area contributed by atoms with E-state index in [1.54, 1.807) is 4.90 Å². The summed E-state index contributed by atoms with van der Waals surface area (Å²) in [6.07, 6.45) is 1.23. The summed E-state index contributed by atoms with van der Waals surface area (Å²) < 4.78 is 6.58. The highest BCUT2D eigenvalue weighted by Gasteiger charge is 2.26. The normalized spacial score (nSPS) is 14.8. The van der Waals surface area contributed by atoms with Gasteiger partial charge in [-0.2, -0.15) is 0 Å². The quantitative estimate of drug-likeness (QED) is 0.301. The fourth-order valence-corrected chi connectivity index (χ4v) is 5.02. The summed E-state index contributed by atoms with van der Waals surface area (Å²) >= 11 is 3.57. The van der Waals surface area contributed by atoms with Gasteiger partial charge in [0.1, 0.15) is 5.60 Å². The maximum atomic E-state index is 12.4. The van der Waals surface area contributed by atoms with E-state index in [4.69, 9.17) is 4.74 Å². The summed E-state index contributed by atoms with van der Waals surface area (Å²) in [5.74, 6) is 0. The number of anilines is 1. The fourth-order valence-electron chi connectivity index (χ4n) is 4.75. The third-order valence-electron chi connectivity index (χ3n) is 6.59. The molecule has 38 heavy (non-hydrogen) atoms. The van der Waals surface area contributed by atoms with Crippen molar-refractivity contribution in [3.63, 3.8) is 0 Å². The van der Waals surface area contributed by atoms with Crippen molar-refractivity contribution < 1.29 is 14.6 Å². The third kappa shape index (κ3) is 7.27. The minimum absolute atomic E-state index is 0.151. The summed E-state index contributed by atoms with van der Waals surface area (Å²) in [4.78, 5) is 16.6. The number of allylic oxidation sites excluding steroid dienone is 1. The highest BCUT2D eigenvalue weighted by atomic mass is 79.9. The highest BCUT2D eigenvalue weighted by molar-refractivity contribution is 9.10. The number of benzene rings is 3. The summed E-state index contributed by atoms with van der Waals surface area (Å²) in [6, 6.07) is 27.6. The maximum absolute atomic E-state index is 12.4. The van der Waals surface area contributed by atoms with Gasteiger partial charge < -0.3 is 19.6 Å². The zero-order valence-electron chi connectivity index (χ0n) is 22.5. The van der Waals surface area contributed by atoms with Crippen LogP contribution in [0.1, 0.15) is 50.3 Å². The van der Waals surface area contributed by atoms with Crippen LogP contribution in [-0.4, -0.2) is 54.5 Å². The number of rotatable bonds is 7. The van der Waals surface area contributed by atoms with Crippen LogP contribution >= 0.6 is 15.9 Å². The fraction of sp³-hybridized carbons (Fsp3) is 0.344. The van der Waals surface area contributed by atoms with Crippen LogP contribution in [0, 0.1) is 0 Å². The van der Waals surface area contributed by atoms with Gasteiger partial charge in [-0.1, -0.05) is 70.5 Å². The van der Waals surface area contributed by atoms with E-state index >= 15 is 0 Å². The van der Waals surface area contributed by atoms with E-state index in [1.807, 2.05) is 26.8 Å². The Morgan fingerprint density at radius 2 is 1.42 bits per heavy atom. The van der Waals surface area contributed by atoms with Crippen LogP contribution in [0.25, 0.3) is 11.1 Å². The molecule has 3 aromatic rings. The number of amides is 1. The molecule has 1 heterocycles. The molecule has 6 heteroatoms. The third-order valence-corrected chi connectivity index (χ3v) is 7.12. The van der Waals surface area contributed by atoms with E-state index < -0.39 is 5.60 Å². The monoisotopic (exact) mass is 576 g/mol. The second kappa shape index (κ2) is 12.6. The first-order chi connectivity index (χ1) is 18.2. The molecule has 0 radical (unpaired) electrons. The summed E-state index contributed by atoms with van der Waals surface area (Å²) in [6.45, 7) is 8.64. The zero-order chi connectivity index (χ0) is 27.1. The predicted molar refractivity (Wildman–Crippen MR) is 159 cm³/mol. The van der Waals surface area contributed by atoms with Crippen molar-refractivity contribution in [2.24, 2.45) is 0 Å². The summed E-state index contributed by atoms with van der Waals surface area (Å²) in [5, 5.41) is 9.64. The molecule has 1 aliphatic heterocycles. The Balaban J connectivity index is 1.62. The van der Waals surface area contributed by atoms with Crippen molar-refractivity contribution in [3.05, 3.63) is 100 Å². The number of hydrogen-bond acceptors (Lipinski definition) is 4. The van der Waals surface area contributed by atoms with Gasteiger partial charge in [0.2, 0.25) is 0 Å². The van der Waals surface area contributed by atoms with Crippen molar-refractivity contribution >= 4 is 38.9 Å². The minimum Gasteiger partial charge on any atom is -0.444 e. The lowest BCUT2D eigenvalue weighted by molar-refractivity contribution is 0.0240. The molecule has 5 nitrogen and oxygen atoms in total. The maximum Gasteiger partial charge on any atom is 0.410 e. The standard InChI is InChI=1S/C32H37BrN2O3/c1-32(2,3)38-31(37)35-21-19-34(20-22-35)28-17-13-26(14-18-28)30(25-11-15-27(33)16-12-25)29(10-7-23-36)24-8-5-4-6-9-24/h4-6,8-9,11-18,36H,7,10,19-23H2,1-3H3/b30-29-. The van der Waals surface area contributed by atoms with Crippen LogP contribution in [0.15, 0.2) is 83.3 Å². The molecule has 1 N–H and O–H groups in total. The molecule has 1 aliphatic rings. The molecule has 0 aromatic heterocycles. The van der Waals surface area contributed by atoms with E-state index in [0.29, 0.717) is 19.5 Å². The molecule has 0 spiro atoms. The van der Waals surface area contributed by atoms with E-state index in [-0.39, 0.29) is 12.7 Å². The Kier molecular flexibility index (Phi) is 9.29. The van der Waals surface area contributed by atoms with Crippen LogP contribution in [0.5, 0.6) is 0 Å². The molecule has 1 amide bonds. The van der Waals surface area contributed by atoms with Crippen LogP contribution < -0.4 is 4.90 Å². The van der Waals surface area contributed by atoms with Crippen LogP contribution in [-0.2, 0) is 4.74 Å². The number of ether oxygens (including phenoxy) is 1. The van der Waals surface area contributed by atoms with Gasteiger partial charge >= 0.3 is 6.09 Å². The molecule has 1 fully saturated rings. The molecule has 1 saturated heterocycles. The van der Waals surface area contributed by atoms with Crippen molar-refractivity contribution in [2.45, 2.75) is 39.2 Å². The van der Waals surface area contributed by atoms with Crippen molar-refractivity contribution in [2.75, 3.05) is 37.7 Å². The van der Waals surface area contributed by atoms with Gasteiger partial charge in [0.25, 0.3) is 0 Å². The number of aliphatic hydroxyl groups is 1. The Bertz CT molecular complexity index is 1220. The molecule has 0 bridgehead atoms. The van der Waals surface area contributed by atoms with Crippen molar-refractivity contribution in [3.8, 4) is 0 Å². The zero-order valence-corrected chi connectivity index (χ0v) is 24.1. The second-order valence-electron chi connectivity index (χ2n) is 10.6. The smallest absolute Gasteiger partial charge is 0.410 e. The minimum atomic E-state index is -0.486. The van der Waals surface area contributed by atoms with Gasteiger partial charge in [-0.25, -0.2) is 4.79 Å². The first-order valence-corrected chi connectivity index (χ1v) is 14.0. The van der Waals surface area contributed by atoms with Gasteiger partial charge in [-0.15, -0.1) is 0 Å². The van der Waals surface area contributed by atoms with Gasteiger partial charge in [-0.05, 0) is 85.7 Å². The Hall–Kier alpha value is -3.09. The Labute approximate surface area is 234 Å². The number of aliphatic hydroxyl groups excluding tert-OH is 1. The van der Waals surface area contributed by atoms with Gasteiger partial charge in [0.15, 0.2) is 0 Å². The molecule has 0 saturated carbocycles. The summed E-state index contributed by atoms with van der Waals surface area (Å²) in [5.41, 5.74) is 6.51. The average Bonchev–Trinajstić information content (AvgIpc) is 2.92. The molecular weight excluding hydrogens is 540 g/mol. The number of hydrogen-bond donors (Lipinski definition) is 1. The van der Waals surface area contributed by atoms with Gasteiger partial charge in [0.05, 0.1) is 0 Å². The van der Waals surface area contributed by atoms with Gasteiger partial charge in [0, 0.05) is 42.9 Å². The van der Waals surface area contributed by atoms with Gasteiger partial charge in [-0.3, -0.25) is 0 Å². The Morgan fingerprint density at radius 1 is 0.842 bits per heavy atom. The average molecular weight is 578 g/mol. The van der Waals surface area contributed by atoms with Crippen molar-refractivity contribution in [1.29, 1.82) is 0 Å². The lowest BCUT2D eigenvalue weighted by Gasteiger charge is -2.36. The van der Waals surface area contributed by atoms with Crippen LogP contribution in [0.4, 0.5) is 10.5 Å². The highest BCUT2D eigenvalue weighted by Crippen LogP contribution is 2.36. The molecule has 200 valence electrons. The second-order valence-corrected chi connectivity index (χ2v) is 11.5. The lowest BCUT2D eigenvalue weighted by Crippen LogP contribution is -2.50. The van der Waals surface area contributed by atoms with E-state index in [2.05, 4.69) is 93.6 Å². The first kappa shape index (κ1) is 27.9. The molecule has 0 atom stereocenters. The number of carbonyl (C=O) groups is 1. The van der Waals surface area contributed by atoms with Crippen LogP contribution in [0.3, 0.4) is 0 Å². The molecule has 4 rings (SSSR count). The molecule has 0 aliphatic carbocycles. The topological polar surface area (TPSA) is 53.0 Å². The Morgan fingerprint density at radius 3 is 1.97 bits per heavy atom. The molecule has 0 unspecified atom stereocenters. The number of nitrogens with zero attached hydrogens (tertiary/aromatic N) is 2. The SMILES string of the molecule is CC(C)(C)OC(=O)N1CCN(c2ccc(/C(=C(/CCCO)c3ccccc3)c3ccc(Br)cc3)cc2)CC1. The molecule has 3 aromatic carbocycles. The number of halogens is 1. The number of piperazine rings is 1. The summed E-state index contributed by atoms with van der Waals surface area (Å²) in [7, 11) is 0. The first-order valence-electron chi connectivity index (χ1n) is 13.2. The lowest BCUT2D eigenvalue weighted by atomic mass is 9.87. The van der Waals surface area contributed by atoms with Crippen LogP contribution in [0.2, 0.25) is 0 Å². The largest absolute Gasteiger partial charge is 0.444 e.